The minimum atomic E-state index is -0.202. The van der Waals surface area contributed by atoms with E-state index in [0.29, 0.717) is 11.1 Å². The highest BCUT2D eigenvalue weighted by Crippen LogP contribution is 2.27. The van der Waals surface area contributed by atoms with Crippen molar-refractivity contribution in [1.29, 1.82) is 0 Å². The van der Waals surface area contributed by atoms with Crippen LogP contribution in [0.15, 0.2) is 29.4 Å². The quantitative estimate of drug-likeness (QED) is 0.822. The number of nitrogens with one attached hydrogen (secondary N) is 1. The smallest absolute Gasteiger partial charge is 0.233 e. The molecule has 0 bridgehead atoms. The highest BCUT2D eigenvalue weighted by Gasteiger charge is 2.23. The summed E-state index contributed by atoms with van der Waals surface area (Å²) in [5, 5.41) is 12.8. The molecule has 1 N–H and O–H groups in total. The van der Waals surface area contributed by atoms with Crippen LogP contribution < -0.4 is 5.32 Å². The number of aromatic nitrogens is 3. The molecule has 1 atom stereocenters. The van der Waals surface area contributed by atoms with Crippen molar-refractivity contribution < 1.29 is 4.79 Å². The van der Waals surface area contributed by atoms with Gasteiger partial charge in [0, 0.05) is 23.7 Å². The number of halogens is 1. The summed E-state index contributed by atoms with van der Waals surface area (Å²) in [7, 11) is 1.91. The molecule has 3 rings (SSSR count). The predicted octanol–water partition coefficient (Wildman–Crippen LogP) is 3.67. The van der Waals surface area contributed by atoms with E-state index in [9.17, 15) is 4.79 Å². The summed E-state index contributed by atoms with van der Waals surface area (Å²) in [6.07, 6.45) is 4.60. The first-order chi connectivity index (χ1) is 11.5. The van der Waals surface area contributed by atoms with Gasteiger partial charge in [-0.05, 0) is 44.0 Å². The maximum Gasteiger partial charge on any atom is 0.233 e. The molecule has 0 aliphatic heterocycles. The van der Waals surface area contributed by atoms with Gasteiger partial charge in [0.1, 0.15) is 0 Å². The van der Waals surface area contributed by atoms with E-state index < -0.39 is 0 Å². The summed E-state index contributed by atoms with van der Waals surface area (Å²) in [5.74, 6) is 0.834. The van der Waals surface area contributed by atoms with Gasteiger partial charge in [0.05, 0.1) is 5.25 Å². The topological polar surface area (TPSA) is 59.8 Å². The largest absolute Gasteiger partial charge is 0.352 e. The minimum Gasteiger partial charge on any atom is -0.352 e. The fourth-order valence-electron chi connectivity index (χ4n) is 2.87. The number of hydrogen-bond acceptors (Lipinski definition) is 4. The van der Waals surface area contributed by atoms with Crippen LogP contribution in [0.3, 0.4) is 0 Å². The molecular formula is C17H21ClN4OS. The molecule has 1 fully saturated rings. The lowest BCUT2D eigenvalue weighted by molar-refractivity contribution is -0.120. The Morgan fingerprint density at radius 3 is 2.62 bits per heavy atom. The van der Waals surface area contributed by atoms with Gasteiger partial charge < -0.3 is 9.88 Å². The van der Waals surface area contributed by atoms with Crippen LogP contribution in [0.1, 0.15) is 32.6 Å². The number of carbonyl (C=O) groups is 1. The van der Waals surface area contributed by atoms with Gasteiger partial charge in [-0.3, -0.25) is 4.79 Å². The van der Waals surface area contributed by atoms with Gasteiger partial charge in [-0.25, -0.2) is 0 Å². The third kappa shape index (κ3) is 3.92. The van der Waals surface area contributed by atoms with Crippen LogP contribution in [0.2, 0.25) is 5.02 Å². The molecule has 24 heavy (non-hydrogen) atoms. The molecule has 1 aromatic carbocycles. The Labute approximate surface area is 151 Å². The van der Waals surface area contributed by atoms with Crippen LogP contribution in [-0.2, 0) is 11.8 Å². The van der Waals surface area contributed by atoms with E-state index in [-0.39, 0.29) is 11.2 Å². The Morgan fingerprint density at radius 1 is 1.29 bits per heavy atom. The number of amides is 1. The molecule has 2 aromatic rings. The number of hydrogen-bond donors (Lipinski definition) is 1. The van der Waals surface area contributed by atoms with Gasteiger partial charge in [-0.2, -0.15) is 0 Å². The summed E-state index contributed by atoms with van der Waals surface area (Å²) in [6, 6.07) is 7.82. The fourth-order valence-corrected chi connectivity index (χ4v) is 3.82. The number of rotatable bonds is 5. The first kappa shape index (κ1) is 17.3. The summed E-state index contributed by atoms with van der Waals surface area (Å²) in [6.45, 7) is 1.91. The van der Waals surface area contributed by atoms with Crippen LogP contribution in [0.5, 0.6) is 0 Å². The lowest BCUT2D eigenvalue weighted by Crippen LogP contribution is -2.37. The third-order valence-corrected chi connectivity index (χ3v) is 5.68. The highest BCUT2D eigenvalue weighted by molar-refractivity contribution is 8.00. The monoisotopic (exact) mass is 364 g/mol. The highest BCUT2D eigenvalue weighted by atomic mass is 35.5. The van der Waals surface area contributed by atoms with Crippen LogP contribution in [0.4, 0.5) is 0 Å². The second kappa shape index (κ2) is 7.57. The fraction of sp³-hybridized carbons (Fsp3) is 0.471. The zero-order chi connectivity index (χ0) is 17.1. The lowest BCUT2D eigenvalue weighted by atomic mass is 10.2. The summed E-state index contributed by atoms with van der Waals surface area (Å²) < 4.78 is 1.91. The molecule has 1 saturated carbocycles. The second-order valence-corrected chi connectivity index (χ2v) is 7.87. The zero-order valence-corrected chi connectivity index (χ0v) is 15.4. The van der Waals surface area contributed by atoms with E-state index >= 15 is 0 Å². The Hall–Kier alpha value is -1.53. The van der Waals surface area contributed by atoms with E-state index in [4.69, 9.17) is 11.6 Å². The van der Waals surface area contributed by atoms with E-state index in [1.165, 1.54) is 24.6 Å². The van der Waals surface area contributed by atoms with Gasteiger partial charge in [0.2, 0.25) is 5.91 Å². The number of carbonyl (C=O) groups excluding carboxylic acids is 1. The second-order valence-electron chi connectivity index (χ2n) is 6.12. The zero-order valence-electron chi connectivity index (χ0n) is 13.8. The van der Waals surface area contributed by atoms with Crippen molar-refractivity contribution in [3.05, 3.63) is 29.3 Å². The summed E-state index contributed by atoms with van der Waals surface area (Å²) in [5.41, 5.74) is 0.948. The molecular weight excluding hydrogens is 344 g/mol. The van der Waals surface area contributed by atoms with Gasteiger partial charge in [-0.1, -0.05) is 36.2 Å². The van der Waals surface area contributed by atoms with Gasteiger partial charge in [-0.15, -0.1) is 10.2 Å². The molecule has 7 heteroatoms. The molecule has 1 heterocycles. The van der Waals surface area contributed by atoms with Gasteiger partial charge in [0.25, 0.3) is 0 Å². The number of nitrogens with zero attached hydrogens (tertiary/aromatic N) is 3. The van der Waals surface area contributed by atoms with Crippen LogP contribution in [0, 0.1) is 0 Å². The van der Waals surface area contributed by atoms with Crippen molar-refractivity contribution in [3.8, 4) is 11.4 Å². The molecule has 5 nitrogen and oxygen atoms in total. The SMILES string of the molecule is C[C@@H](Sc1nnc(-c2ccc(Cl)cc2)n1C)C(=O)NC1CCCC1. The van der Waals surface area contributed by atoms with Crippen molar-refractivity contribution in [1.82, 2.24) is 20.1 Å². The van der Waals surface area contributed by atoms with Crippen molar-refractivity contribution in [2.75, 3.05) is 0 Å². The first-order valence-electron chi connectivity index (χ1n) is 8.17. The Balaban J connectivity index is 1.66. The van der Waals surface area contributed by atoms with Crippen molar-refractivity contribution >= 4 is 29.3 Å². The van der Waals surface area contributed by atoms with Crippen molar-refractivity contribution in [3.63, 3.8) is 0 Å². The molecule has 128 valence electrons. The van der Waals surface area contributed by atoms with Gasteiger partial charge in [0.15, 0.2) is 11.0 Å². The Morgan fingerprint density at radius 2 is 1.96 bits per heavy atom. The standard InChI is InChI=1S/C17H21ClN4OS/c1-11(16(23)19-14-5-3-4-6-14)24-17-21-20-15(22(17)2)12-7-9-13(18)10-8-12/h7-11,14H,3-6H2,1-2H3,(H,19,23)/t11-/m1/s1. The van der Waals surface area contributed by atoms with Crippen molar-refractivity contribution in [2.24, 2.45) is 7.05 Å². The number of benzene rings is 1. The average Bonchev–Trinajstić information content (AvgIpc) is 3.19. The van der Waals surface area contributed by atoms with E-state index in [1.54, 1.807) is 0 Å². The molecule has 1 aliphatic carbocycles. The molecule has 0 unspecified atom stereocenters. The van der Waals surface area contributed by atoms with Crippen LogP contribution >= 0.6 is 23.4 Å². The average molecular weight is 365 g/mol. The molecule has 0 radical (unpaired) electrons. The summed E-state index contributed by atoms with van der Waals surface area (Å²) >= 11 is 7.36. The molecule has 1 amide bonds. The van der Waals surface area contributed by atoms with Crippen LogP contribution in [-0.4, -0.2) is 32.0 Å². The minimum absolute atomic E-state index is 0.0722. The molecule has 0 saturated heterocycles. The van der Waals surface area contributed by atoms with Gasteiger partial charge >= 0.3 is 0 Å². The van der Waals surface area contributed by atoms with Crippen LogP contribution in [0.25, 0.3) is 11.4 Å². The Bertz CT molecular complexity index is 710. The molecule has 0 spiro atoms. The normalized spacial score (nSPS) is 16.3. The third-order valence-electron chi connectivity index (χ3n) is 4.29. The number of thioether (sulfide) groups is 1. The Kier molecular flexibility index (Phi) is 5.46. The maximum absolute atomic E-state index is 12.3. The molecule has 1 aromatic heterocycles. The predicted molar refractivity (Wildman–Crippen MR) is 97.2 cm³/mol. The van der Waals surface area contributed by atoms with Crippen molar-refractivity contribution in [2.45, 2.75) is 49.1 Å². The van der Waals surface area contributed by atoms with E-state index in [0.717, 1.165) is 29.4 Å². The lowest BCUT2D eigenvalue weighted by Gasteiger charge is -2.16. The summed E-state index contributed by atoms with van der Waals surface area (Å²) in [4.78, 5) is 12.3. The first-order valence-corrected chi connectivity index (χ1v) is 9.42. The molecule has 1 aliphatic rings. The maximum atomic E-state index is 12.3. The van der Waals surface area contributed by atoms with E-state index in [2.05, 4.69) is 15.5 Å². The van der Waals surface area contributed by atoms with E-state index in [1.807, 2.05) is 42.8 Å².